The van der Waals surface area contributed by atoms with Gasteiger partial charge < -0.3 is 9.80 Å². The van der Waals surface area contributed by atoms with Crippen molar-refractivity contribution in [3.05, 3.63) is 64.7 Å². The average Bonchev–Trinajstić information content (AvgIpc) is 2.66. The molecular weight excluding hydrogens is 320 g/mol. The van der Waals surface area contributed by atoms with Gasteiger partial charge in [-0.1, -0.05) is 30.3 Å². The van der Waals surface area contributed by atoms with Gasteiger partial charge in [0.05, 0.1) is 6.42 Å². The maximum absolute atomic E-state index is 12.8. The fourth-order valence-electron chi connectivity index (χ4n) is 3.68. The highest BCUT2D eigenvalue weighted by molar-refractivity contribution is 5.79. The van der Waals surface area contributed by atoms with Crippen molar-refractivity contribution in [1.82, 2.24) is 4.90 Å². The zero-order valence-electron chi connectivity index (χ0n) is 16.3. The van der Waals surface area contributed by atoms with E-state index in [1.165, 1.54) is 41.6 Å². The topological polar surface area (TPSA) is 23.6 Å². The Morgan fingerprint density at radius 1 is 0.923 bits per heavy atom. The van der Waals surface area contributed by atoms with Crippen LogP contribution < -0.4 is 4.90 Å². The molecule has 2 aromatic rings. The van der Waals surface area contributed by atoms with E-state index in [4.69, 9.17) is 0 Å². The molecule has 0 aliphatic heterocycles. The number of hydrogen-bond acceptors (Lipinski definition) is 2. The first-order valence-corrected chi connectivity index (χ1v) is 9.71. The van der Waals surface area contributed by atoms with Crippen LogP contribution >= 0.6 is 0 Å². The van der Waals surface area contributed by atoms with Crippen LogP contribution in [0.25, 0.3) is 0 Å². The lowest BCUT2D eigenvalue weighted by molar-refractivity contribution is -0.130. The van der Waals surface area contributed by atoms with Gasteiger partial charge in [-0.2, -0.15) is 0 Å². The summed E-state index contributed by atoms with van der Waals surface area (Å²) in [6.07, 6.45) is 5.41. The molecule has 0 atom stereocenters. The predicted octanol–water partition coefficient (Wildman–Crippen LogP) is 4.22. The number of amides is 1. The lowest BCUT2D eigenvalue weighted by atomic mass is 9.90. The number of likely N-dealkylation sites (N-methyl/N-ethyl adjacent to an activating group) is 1. The van der Waals surface area contributed by atoms with E-state index in [2.05, 4.69) is 54.3 Å². The van der Waals surface area contributed by atoms with E-state index in [0.29, 0.717) is 13.0 Å². The van der Waals surface area contributed by atoms with Gasteiger partial charge in [0.1, 0.15) is 0 Å². The van der Waals surface area contributed by atoms with Gasteiger partial charge in [-0.25, -0.2) is 0 Å². The van der Waals surface area contributed by atoms with Crippen LogP contribution in [0.3, 0.4) is 0 Å². The molecule has 0 aromatic heterocycles. The summed E-state index contributed by atoms with van der Waals surface area (Å²) in [4.78, 5) is 16.8. The number of aryl methyl sites for hydroxylation is 2. The first kappa shape index (κ1) is 18.5. The maximum atomic E-state index is 12.8. The minimum absolute atomic E-state index is 0.208. The third kappa shape index (κ3) is 4.46. The zero-order valence-corrected chi connectivity index (χ0v) is 16.3. The second-order valence-electron chi connectivity index (χ2n) is 7.46. The molecule has 2 aromatic carbocycles. The van der Waals surface area contributed by atoms with E-state index < -0.39 is 0 Å². The molecule has 138 valence electrons. The monoisotopic (exact) mass is 350 g/mol. The quantitative estimate of drug-likeness (QED) is 0.779. The summed E-state index contributed by atoms with van der Waals surface area (Å²) in [6, 6.07) is 15.1. The van der Waals surface area contributed by atoms with Crippen LogP contribution in [0.4, 0.5) is 5.69 Å². The number of carbonyl (C=O) groups excluding carboxylic acids is 1. The molecule has 1 aliphatic rings. The van der Waals surface area contributed by atoms with Crippen LogP contribution in [-0.4, -0.2) is 31.4 Å². The minimum Gasteiger partial charge on any atom is -0.378 e. The lowest BCUT2D eigenvalue weighted by Crippen LogP contribution is -2.31. The van der Waals surface area contributed by atoms with Crippen LogP contribution in [0.1, 0.15) is 42.0 Å². The van der Waals surface area contributed by atoms with Gasteiger partial charge in [0.15, 0.2) is 0 Å². The van der Waals surface area contributed by atoms with Gasteiger partial charge in [-0.15, -0.1) is 0 Å². The number of carbonyl (C=O) groups is 1. The van der Waals surface area contributed by atoms with E-state index in [0.717, 1.165) is 18.5 Å². The Morgan fingerprint density at radius 3 is 2.23 bits per heavy atom. The van der Waals surface area contributed by atoms with Crippen molar-refractivity contribution < 1.29 is 4.79 Å². The summed E-state index contributed by atoms with van der Waals surface area (Å²) in [6.45, 7) is 3.46. The lowest BCUT2D eigenvalue weighted by Gasteiger charge is -2.22. The van der Waals surface area contributed by atoms with Crippen molar-refractivity contribution in [1.29, 1.82) is 0 Å². The van der Waals surface area contributed by atoms with Gasteiger partial charge in [-0.3, -0.25) is 4.79 Å². The van der Waals surface area contributed by atoms with Crippen LogP contribution in [0.5, 0.6) is 0 Å². The molecule has 0 bridgehead atoms. The average molecular weight is 351 g/mol. The summed E-state index contributed by atoms with van der Waals surface area (Å²) in [5.74, 6) is 0.208. The number of anilines is 1. The Kier molecular flexibility index (Phi) is 5.97. The largest absolute Gasteiger partial charge is 0.378 e. The van der Waals surface area contributed by atoms with E-state index in [-0.39, 0.29) is 5.91 Å². The van der Waals surface area contributed by atoms with Crippen molar-refractivity contribution in [2.45, 2.75) is 45.6 Å². The number of hydrogen-bond donors (Lipinski definition) is 0. The molecular formula is C23H30N2O. The normalized spacial score (nSPS) is 13.2. The van der Waals surface area contributed by atoms with Crippen LogP contribution in [0, 0.1) is 0 Å². The first-order chi connectivity index (χ1) is 12.6. The van der Waals surface area contributed by atoms with Crippen LogP contribution in [-0.2, 0) is 30.6 Å². The second kappa shape index (κ2) is 8.39. The Hall–Kier alpha value is -2.29. The summed E-state index contributed by atoms with van der Waals surface area (Å²) >= 11 is 0. The van der Waals surface area contributed by atoms with Crippen molar-refractivity contribution in [2.75, 3.05) is 25.5 Å². The highest BCUT2D eigenvalue weighted by Gasteiger charge is 2.15. The molecule has 0 fully saturated rings. The SMILES string of the molecule is CCN(Cc1ccc(N(C)C)cc1)C(=O)Cc1ccc2c(c1)CCCC2. The second-order valence-corrected chi connectivity index (χ2v) is 7.46. The van der Waals surface area contributed by atoms with Crippen LogP contribution in [0.2, 0.25) is 0 Å². The summed E-state index contributed by atoms with van der Waals surface area (Å²) in [5, 5.41) is 0. The summed E-state index contributed by atoms with van der Waals surface area (Å²) in [5.41, 5.74) is 6.43. The van der Waals surface area contributed by atoms with E-state index in [1.54, 1.807) is 0 Å². The highest BCUT2D eigenvalue weighted by Crippen LogP contribution is 2.23. The van der Waals surface area contributed by atoms with Gasteiger partial charge in [0.25, 0.3) is 0 Å². The first-order valence-electron chi connectivity index (χ1n) is 9.71. The van der Waals surface area contributed by atoms with Crippen molar-refractivity contribution in [2.24, 2.45) is 0 Å². The maximum Gasteiger partial charge on any atom is 0.227 e. The van der Waals surface area contributed by atoms with E-state index in [9.17, 15) is 4.79 Å². The molecule has 3 nitrogen and oxygen atoms in total. The van der Waals surface area contributed by atoms with Gasteiger partial charge in [-0.05, 0) is 67.0 Å². The molecule has 0 spiro atoms. The summed E-state index contributed by atoms with van der Waals surface area (Å²) < 4.78 is 0. The molecule has 3 heteroatoms. The van der Waals surface area contributed by atoms with Crippen molar-refractivity contribution in [3.63, 3.8) is 0 Å². The molecule has 0 saturated heterocycles. The van der Waals surface area contributed by atoms with E-state index in [1.807, 2.05) is 19.0 Å². The molecule has 0 unspecified atom stereocenters. The Labute approximate surface area is 157 Å². The molecule has 3 rings (SSSR count). The molecule has 1 aliphatic carbocycles. The molecule has 26 heavy (non-hydrogen) atoms. The highest BCUT2D eigenvalue weighted by atomic mass is 16.2. The molecule has 0 saturated carbocycles. The van der Waals surface area contributed by atoms with Gasteiger partial charge in [0, 0.05) is 32.9 Å². The standard InChI is InChI=1S/C23H30N2O/c1-4-25(17-18-10-13-22(14-11-18)24(2)3)23(26)16-19-9-12-20-7-5-6-8-21(20)15-19/h9-15H,4-8,16-17H2,1-3H3. The fourth-order valence-corrected chi connectivity index (χ4v) is 3.68. The Bertz CT molecular complexity index is 749. The number of nitrogens with zero attached hydrogens (tertiary/aromatic N) is 2. The van der Waals surface area contributed by atoms with Gasteiger partial charge >= 0.3 is 0 Å². The molecule has 1 amide bonds. The molecule has 0 N–H and O–H groups in total. The third-order valence-corrected chi connectivity index (χ3v) is 5.33. The van der Waals surface area contributed by atoms with Crippen LogP contribution in [0.15, 0.2) is 42.5 Å². The van der Waals surface area contributed by atoms with E-state index >= 15 is 0 Å². The summed E-state index contributed by atoms with van der Waals surface area (Å²) in [7, 11) is 4.07. The minimum atomic E-state index is 0.208. The number of benzene rings is 2. The van der Waals surface area contributed by atoms with Crippen molar-refractivity contribution in [3.8, 4) is 0 Å². The Morgan fingerprint density at radius 2 is 1.58 bits per heavy atom. The fraction of sp³-hybridized carbons (Fsp3) is 0.435. The molecule has 0 radical (unpaired) electrons. The molecule has 0 heterocycles. The van der Waals surface area contributed by atoms with Crippen molar-refractivity contribution >= 4 is 11.6 Å². The number of rotatable bonds is 6. The predicted molar refractivity (Wildman–Crippen MR) is 109 cm³/mol. The zero-order chi connectivity index (χ0) is 18.5. The third-order valence-electron chi connectivity index (χ3n) is 5.33. The smallest absolute Gasteiger partial charge is 0.227 e. The van der Waals surface area contributed by atoms with Gasteiger partial charge in [0.2, 0.25) is 5.91 Å². The Balaban J connectivity index is 1.65. The number of fused-ring (bicyclic) bond motifs is 1.